The number of aromatic nitrogens is 2. The van der Waals surface area contributed by atoms with E-state index in [0.29, 0.717) is 5.03 Å². The van der Waals surface area contributed by atoms with Crippen LogP contribution < -0.4 is 0 Å². The zero-order chi connectivity index (χ0) is 19.0. The van der Waals surface area contributed by atoms with Gasteiger partial charge in [-0.15, -0.1) is 0 Å². The second-order valence-corrected chi connectivity index (χ2v) is 8.24. The first-order valence-corrected chi connectivity index (χ1v) is 10.4. The number of rotatable bonds is 4. The number of hydrogen-bond acceptors (Lipinski definition) is 4. The smallest absolute Gasteiger partial charge is 0.339 e. The SMILES string of the molecule is CC(C)OC(=O)c1cc(-n2nc3c(c2[S+](C)[O-])CCCC3)c(F)cc1Cl. The van der Waals surface area contributed by atoms with E-state index in [-0.39, 0.29) is 22.4 Å². The lowest BCUT2D eigenvalue weighted by Crippen LogP contribution is -2.15. The second kappa shape index (κ2) is 7.58. The van der Waals surface area contributed by atoms with Crippen molar-refractivity contribution in [1.82, 2.24) is 9.78 Å². The summed E-state index contributed by atoms with van der Waals surface area (Å²) in [4.78, 5) is 12.3. The molecule has 1 unspecified atom stereocenters. The molecule has 0 aliphatic heterocycles. The van der Waals surface area contributed by atoms with E-state index < -0.39 is 23.0 Å². The van der Waals surface area contributed by atoms with Gasteiger partial charge in [0, 0.05) is 11.2 Å². The highest BCUT2D eigenvalue weighted by Crippen LogP contribution is 2.32. The van der Waals surface area contributed by atoms with Gasteiger partial charge in [0.1, 0.15) is 11.9 Å². The second-order valence-electron chi connectivity index (χ2n) is 6.54. The lowest BCUT2D eigenvalue weighted by Gasteiger charge is -2.14. The van der Waals surface area contributed by atoms with Crippen molar-refractivity contribution in [3.05, 3.63) is 39.8 Å². The fraction of sp³-hybridized carbons (Fsp3) is 0.444. The summed E-state index contributed by atoms with van der Waals surface area (Å²) in [6.07, 6.45) is 4.73. The van der Waals surface area contributed by atoms with Crippen LogP contribution in [0.4, 0.5) is 4.39 Å². The highest BCUT2D eigenvalue weighted by molar-refractivity contribution is 7.90. The number of carbonyl (C=O) groups is 1. The summed E-state index contributed by atoms with van der Waals surface area (Å²) >= 11 is 4.69. The van der Waals surface area contributed by atoms with Crippen LogP contribution in [0.25, 0.3) is 5.69 Å². The van der Waals surface area contributed by atoms with Gasteiger partial charge >= 0.3 is 5.97 Å². The molecule has 0 saturated carbocycles. The van der Waals surface area contributed by atoms with E-state index in [4.69, 9.17) is 16.3 Å². The summed E-state index contributed by atoms with van der Waals surface area (Å²) in [5.41, 5.74) is 1.85. The van der Waals surface area contributed by atoms with Gasteiger partial charge in [-0.2, -0.15) is 9.78 Å². The molecule has 1 aromatic carbocycles. The topological polar surface area (TPSA) is 67.2 Å². The van der Waals surface area contributed by atoms with Crippen LogP contribution in [0, 0.1) is 5.82 Å². The molecule has 0 N–H and O–H groups in total. The highest BCUT2D eigenvalue weighted by atomic mass is 35.5. The first-order valence-electron chi connectivity index (χ1n) is 8.44. The lowest BCUT2D eigenvalue weighted by atomic mass is 9.98. The maximum Gasteiger partial charge on any atom is 0.339 e. The molecule has 3 rings (SSSR count). The normalized spacial score (nSPS) is 15.0. The molecule has 1 heterocycles. The van der Waals surface area contributed by atoms with Crippen LogP contribution in [-0.4, -0.2) is 32.7 Å². The third-order valence-electron chi connectivity index (χ3n) is 4.21. The van der Waals surface area contributed by atoms with Gasteiger partial charge in [0.15, 0.2) is 5.82 Å². The summed E-state index contributed by atoms with van der Waals surface area (Å²) in [6.45, 7) is 3.44. The summed E-state index contributed by atoms with van der Waals surface area (Å²) < 4.78 is 33.5. The molecule has 1 atom stereocenters. The van der Waals surface area contributed by atoms with Gasteiger partial charge in [0.2, 0.25) is 0 Å². The van der Waals surface area contributed by atoms with E-state index in [1.807, 2.05) is 0 Å². The molecule has 8 heteroatoms. The third kappa shape index (κ3) is 3.61. The molecule has 0 saturated heterocycles. The predicted molar refractivity (Wildman–Crippen MR) is 98.1 cm³/mol. The minimum Gasteiger partial charge on any atom is -0.610 e. The van der Waals surface area contributed by atoms with Gasteiger partial charge < -0.3 is 9.29 Å². The van der Waals surface area contributed by atoms with Gasteiger partial charge in [0.25, 0.3) is 5.03 Å². The number of benzene rings is 1. The Morgan fingerprint density at radius 3 is 2.73 bits per heavy atom. The zero-order valence-corrected chi connectivity index (χ0v) is 16.4. The summed E-state index contributed by atoms with van der Waals surface area (Å²) in [7, 11) is 0. The number of ether oxygens (including phenoxy) is 1. The third-order valence-corrected chi connectivity index (χ3v) is 5.49. The average molecular weight is 399 g/mol. The van der Waals surface area contributed by atoms with E-state index in [9.17, 15) is 13.7 Å². The van der Waals surface area contributed by atoms with E-state index >= 15 is 0 Å². The minimum absolute atomic E-state index is 0.0343. The molecule has 1 aliphatic carbocycles. The van der Waals surface area contributed by atoms with Crippen LogP contribution in [0.2, 0.25) is 5.02 Å². The Balaban J connectivity index is 2.15. The standard InChI is InChI=1S/C18H20ClFN2O3S/c1-10(2)25-18(23)12-8-16(14(20)9-13(12)19)22-17(26(3)24)11-6-4-5-7-15(11)21-22/h8-10H,4-7H2,1-3H3. The van der Waals surface area contributed by atoms with Crippen molar-refractivity contribution >= 4 is 28.7 Å². The molecular formula is C18H20ClFN2O3S. The van der Waals surface area contributed by atoms with Gasteiger partial charge in [-0.25, -0.2) is 9.18 Å². The lowest BCUT2D eigenvalue weighted by molar-refractivity contribution is 0.0378. The molecule has 140 valence electrons. The maximum atomic E-state index is 14.7. The number of hydrogen-bond donors (Lipinski definition) is 0. The van der Waals surface area contributed by atoms with Crippen molar-refractivity contribution in [1.29, 1.82) is 0 Å². The Labute approximate surface area is 159 Å². The van der Waals surface area contributed by atoms with Crippen LogP contribution in [0.5, 0.6) is 0 Å². The van der Waals surface area contributed by atoms with Crippen LogP contribution in [0.1, 0.15) is 48.3 Å². The van der Waals surface area contributed by atoms with Crippen molar-refractivity contribution in [2.24, 2.45) is 0 Å². The maximum absolute atomic E-state index is 14.7. The quantitative estimate of drug-likeness (QED) is 0.579. The van der Waals surface area contributed by atoms with Gasteiger partial charge in [-0.3, -0.25) is 0 Å². The summed E-state index contributed by atoms with van der Waals surface area (Å²) in [5.74, 6) is -1.27. The van der Waals surface area contributed by atoms with Crippen molar-refractivity contribution in [2.45, 2.75) is 50.7 Å². The first kappa shape index (κ1) is 19.2. The van der Waals surface area contributed by atoms with Gasteiger partial charge in [-0.05, 0) is 51.7 Å². The predicted octanol–water partition coefficient (Wildman–Crippen LogP) is 3.85. The highest BCUT2D eigenvalue weighted by Gasteiger charge is 2.29. The average Bonchev–Trinajstić information content (AvgIpc) is 2.93. The van der Waals surface area contributed by atoms with Crippen LogP contribution in [-0.2, 0) is 28.8 Å². The van der Waals surface area contributed by atoms with Crippen molar-refractivity contribution < 1.29 is 18.5 Å². The number of halogens is 2. The van der Waals surface area contributed by atoms with Crippen LogP contribution in [0.3, 0.4) is 0 Å². The summed E-state index contributed by atoms with van der Waals surface area (Å²) in [6, 6.07) is 2.38. The monoisotopic (exact) mass is 398 g/mol. The fourth-order valence-electron chi connectivity index (χ4n) is 3.12. The number of carbonyl (C=O) groups excluding carboxylic acids is 1. The van der Waals surface area contributed by atoms with Gasteiger partial charge in [0.05, 0.1) is 27.9 Å². The molecule has 0 radical (unpaired) electrons. The molecule has 0 amide bonds. The Hall–Kier alpha value is -1.57. The van der Waals surface area contributed by atoms with Crippen LogP contribution >= 0.6 is 11.6 Å². The fourth-order valence-corrected chi connectivity index (χ4v) is 4.29. The van der Waals surface area contributed by atoms with E-state index in [2.05, 4.69) is 5.10 Å². The molecule has 2 aromatic rings. The molecule has 5 nitrogen and oxygen atoms in total. The van der Waals surface area contributed by atoms with E-state index in [1.165, 1.54) is 10.7 Å². The molecule has 0 bridgehead atoms. The number of esters is 1. The van der Waals surface area contributed by atoms with E-state index in [1.54, 1.807) is 20.1 Å². The Morgan fingerprint density at radius 1 is 1.38 bits per heavy atom. The molecule has 0 spiro atoms. The van der Waals surface area contributed by atoms with Gasteiger partial charge in [-0.1, -0.05) is 11.6 Å². The van der Waals surface area contributed by atoms with Crippen molar-refractivity contribution in [3.8, 4) is 5.69 Å². The molecule has 26 heavy (non-hydrogen) atoms. The molecule has 1 aromatic heterocycles. The Bertz CT molecular complexity index is 851. The van der Waals surface area contributed by atoms with Crippen molar-refractivity contribution in [3.63, 3.8) is 0 Å². The molecule has 0 fully saturated rings. The minimum atomic E-state index is -1.35. The number of nitrogens with zero attached hydrogens (tertiary/aromatic N) is 2. The number of fused-ring (bicyclic) bond motifs is 1. The van der Waals surface area contributed by atoms with Crippen molar-refractivity contribution in [2.75, 3.05) is 6.26 Å². The largest absolute Gasteiger partial charge is 0.610 e. The Morgan fingerprint density at radius 2 is 2.08 bits per heavy atom. The molecule has 1 aliphatic rings. The van der Waals surface area contributed by atoms with E-state index in [0.717, 1.165) is 43.0 Å². The first-order chi connectivity index (χ1) is 12.3. The molecular weight excluding hydrogens is 379 g/mol. The Kier molecular flexibility index (Phi) is 5.60. The summed E-state index contributed by atoms with van der Waals surface area (Å²) in [5, 5.41) is 4.92. The number of aryl methyl sites for hydroxylation is 1. The van der Waals surface area contributed by atoms with Crippen LogP contribution in [0.15, 0.2) is 17.2 Å². The zero-order valence-electron chi connectivity index (χ0n) is 14.8.